The lowest BCUT2D eigenvalue weighted by molar-refractivity contribution is -0.169. The van der Waals surface area contributed by atoms with Gasteiger partial charge in [0.1, 0.15) is 36.6 Å². The minimum atomic E-state index is -3.13. The summed E-state index contributed by atoms with van der Waals surface area (Å²) in [5.74, 6) is 7.74. The molecule has 0 amide bonds. The Balaban J connectivity index is 0.000000269. The Hall–Kier alpha value is -4.49. The zero-order chi connectivity index (χ0) is 87.3. The molecule has 0 radical (unpaired) electrons. The molecule has 680 valence electrons. The largest absolute Gasteiger partial charge is 0.465 e. The first-order chi connectivity index (χ1) is 56.9. The van der Waals surface area contributed by atoms with Crippen LogP contribution >= 0.6 is 0 Å². The molecule has 0 aromatic carbocycles. The van der Waals surface area contributed by atoms with Crippen molar-refractivity contribution >= 4 is 57.9 Å². The van der Waals surface area contributed by atoms with Gasteiger partial charge in [-0.25, -0.2) is 0 Å². The molecule has 25 fully saturated rings. The highest BCUT2D eigenvalue weighted by Crippen LogP contribution is 2.60. The lowest BCUT2D eigenvalue weighted by Crippen LogP contribution is -2.39. The van der Waals surface area contributed by atoms with Gasteiger partial charge in [0.05, 0.1) is 85.6 Å². The van der Waals surface area contributed by atoms with Crippen LogP contribution in [0.4, 0.5) is 0 Å². The summed E-state index contributed by atoms with van der Waals surface area (Å²) >= 11 is 0. The van der Waals surface area contributed by atoms with Gasteiger partial charge in [0.2, 0.25) is 0 Å². The van der Waals surface area contributed by atoms with Crippen LogP contribution in [0, 0.1) is 87.8 Å². The van der Waals surface area contributed by atoms with Gasteiger partial charge in [-0.05, 0) is 189 Å². The van der Waals surface area contributed by atoms with Crippen molar-refractivity contribution in [1.29, 1.82) is 0 Å². The van der Waals surface area contributed by atoms with Crippen molar-refractivity contribution in [1.82, 2.24) is 0 Å². The Morgan fingerprint density at radius 1 is 0.359 bits per heavy atom. The molecule has 25 rings (SSSR count). The summed E-state index contributed by atoms with van der Waals surface area (Å²) in [6.07, 6.45) is 35.0. The maximum absolute atomic E-state index is 11.6. The second-order valence-electron chi connectivity index (χ2n) is 32.1. The maximum atomic E-state index is 11.6. The van der Waals surface area contributed by atoms with Crippen LogP contribution in [-0.2, 0) is 109 Å². The SMILES string of the molecule is CC.CC.CC.CC.CC.CC.CC.CC.CC.CC.CC.O=C1CC2CCCC2O1.O=C1CC2OC3OCOC3C2O1.O=C1CC2OCCC2O1.O=C1OC2CC3CC(C2)CC1C3.O=C1OC2CC3CC2CC13.O=C1OCC2CCCC12.O=C1OCCC12CC1CCC2C1.O=C1OCCC12CCCCC2.O=S1(=O)OC2CC3CC2C1C3. The lowest BCUT2D eigenvalue weighted by Gasteiger charge is -2.35. The average Bonchev–Trinajstić information content (AvgIpc) is 1.60. The molecule has 0 aromatic heterocycles. The van der Waals surface area contributed by atoms with Crippen LogP contribution in [0.5, 0.6) is 0 Å². The number of hydrogen-bond acceptors (Lipinski definition) is 23. The summed E-state index contributed by atoms with van der Waals surface area (Å²) in [5.41, 5.74) is -0.0266. The highest BCUT2D eigenvalue weighted by molar-refractivity contribution is 7.87. The van der Waals surface area contributed by atoms with Crippen LogP contribution in [0.1, 0.15) is 358 Å². The number of ether oxygens (including phenoxy) is 12. The van der Waals surface area contributed by atoms with Gasteiger partial charge < -0.3 is 56.8 Å². The summed E-state index contributed by atoms with van der Waals surface area (Å²) in [6, 6.07) is 0. The number of carbonyl (C=O) groups excluding carboxylic acids is 8. The number of hydrogen-bond donors (Lipinski definition) is 0. The smallest absolute Gasteiger partial charge is 0.312 e. The van der Waals surface area contributed by atoms with Crippen molar-refractivity contribution in [2.75, 3.05) is 33.2 Å². The Morgan fingerprint density at radius 2 is 0.966 bits per heavy atom. The van der Waals surface area contributed by atoms with E-state index in [2.05, 4.69) is 0 Å². The van der Waals surface area contributed by atoms with Gasteiger partial charge in [-0.1, -0.05) is 184 Å². The molecule has 23 nitrogen and oxygen atoms in total. The van der Waals surface area contributed by atoms with Crippen molar-refractivity contribution in [3.8, 4) is 0 Å². The highest BCUT2D eigenvalue weighted by atomic mass is 32.2. The first-order valence-corrected chi connectivity index (χ1v) is 49.3. The fraction of sp³-hybridized carbons (Fsp3) is 0.914. The monoisotopic (exact) mass is 1680 g/mol. The van der Waals surface area contributed by atoms with Crippen molar-refractivity contribution in [3.63, 3.8) is 0 Å². The van der Waals surface area contributed by atoms with E-state index in [1.807, 2.05) is 152 Å². The molecule has 2 spiro atoms. The van der Waals surface area contributed by atoms with E-state index in [9.17, 15) is 46.8 Å². The molecule has 25 aliphatic rings. The lowest BCUT2D eigenvalue weighted by atomic mass is 9.68. The van der Waals surface area contributed by atoms with Gasteiger partial charge in [-0.15, -0.1) is 0 Å². The van der Waals surface area contributed by atoms with Crippen LogP contribution in [0.15, 0.2) is 0 Å². The van der Waals surface area contributed by atoms with Crippen LogP contribution in [0.3, 0.4) is 0 Å². The Labute approximate surface area is 707 Å². The zero-order valence-electron chi connectivity index (χ0n) is 76.8. The molecule has 11 saturated carbocycles. The molecule has 23 atom stereocenters. The normalized spacial score (nSPS) is 38.3. The van der Waals surface area contributed by atoms with Gasteiger partial charge in [-0.3, -0.25) is 42.5 Å². The van der Waals surface area contributed by atoms with Gasteiger partial charge in [-0.2, -0.15) is 8.42 Å². The third-order valence-corrected chi connectivity index (χ3v) is 28.3. The van der Waals surface area contributed by atoms with Crippen molar-refractivity contribution in [2.45, 2.75) is 424 Å². The predicted octanol–water partition coefficient (Wildman–Crippen LogP) is 19.7. The summed E-state index contributed by atoms with van der Waals surface area (Å²) < 4.78 is 89.0. The molecule has 24 heteroatoms. The Morgan fingerprint density at radius 3 is 1.50 bits per heavy atom. The summed E-state index contributed by atoms with van der Waals surface area (Å²) in [7, 11) is -3.13. The number of rotatable bonds is 0. The number of carbonyl (C=O) groups is 8. The van der Waals surface area contributed by atoms with E-state index in [0.717, 1.165) is 133 Å². The van der Waals surface area contributed by atoms with E-state index >= 15 is 0 Å². The van der Waals surface area contributed by atoms with Crippen molar-refractivity contribution < 1.29 is 108 Å². The quantitative estimate of drug-likeness (QED) is 0.124. The van der Waals surface area contributed by atoms with Gasteiger partial charge in [0.25, 0.3) is 10.1 Å². The minimum absolute atomic E-state index is 0.00289. The van der Waals surface area contributed by atoms with E-state index < -0.39 is 10.1 Å². The average molecular weight is 1680 g/mol. The first-order valence-electron chi connectivity index (χ1n) is 47.8. The number of fused-ring (bicyclic) bond motifs is 12. The molecule has 14 heterocycles. The Bertz CT molecular complexity index is 2950. The highest BCUT2D eigenvalue weighted by Gasteiger charge is 2.61. The molecule has 11 aliphatic carbocycles. The minimum Gasteiger partial charge on any atom is -0.465 e. The van der Waals surface area contributed by atoms with E-state index in [-0.39, 0.29) is 131 Å². The zero-order valence-corrected chi connectivity index (χ0v) is 77.6. The van der Waals surface area contributed by atoms with Crippen molar-refractivity contribution in [3.05, 3.63) is 0 Å². The van der Waals surface area contributed by atoms with Gasteiger partial charge >= 0.3 is 47.8 Å². The molecule has 14 saturated heterocycles. The standard InChI is InChI=1S/2C10H14O2.C9H14O2.C8H10O2.C7H8O5.C7H10O3S.2C7H10O2.C6H8O3.11C2H6/c11-10-8-2-6-1-7(3-8)5-9(4-6)12-10;11-9-10(3-4-12-9)6-7-1-2-8(10)5-7;10-8-9(6-7-11-8)4-2-1-3-5-9;9-8-6-2-5-1-4(6)3-7(5)10-8;8-4-1-3-5(12-4)6-7(11-3)10-2-9-6;8-11(9)7-3-4-1-5(7)6(2-4)10-11;8-7-6-3-1-2-5(6)4-9-7;8-7-4-5-2-1-3-6(5)9-7;7-6-3-5-4(9-6)1-2-8-5;11*1-2/h6-9H,1-5H2;7-8H,1-6H2;1-7H2;4-7H,1-3H2;3,5-7H,1-2H2;4-7H,1-3H2;2*5-6H,1-4H2;4-5H,1-3H2;11*1-2H3. The van der Waals surface area contributed by atoms with E-state index in [1.165, 1.54) is 83.5 Å². The number of cyclic esters (lactones) is 3. The molecule has 0 N–H and O–H groups in total. The second kappa shape index (κ2) is 53.5. The molecular formula is C93H164O23S. The second-order valence-corrected chi connectivity index (χ2v) is 33.9. The fourth-order valence-electron chi connectivity index (χ4n) is 21.8. The molecule has 117 heavy (non-hydrogen) atoms. The molecule has 14 aliphatic heterocycles. The van der Waals surface area contributed by atoms with Gasteiger partial charge in [0, 0.05) is 24.2 Å². The molecule has 23 unspecified atom stereocenters. The third-order valence-electron chi connectivity index (χ3n) is 26.5. The van der Waals surface area contributed by atoms with Crippen LogP contribution in [0.25, 0.3) is 0 Å². The summed E-state index contributed by atoms with van der Waals surface area (Å²) in [5, 5.41) is -0.133. The van der Waals surface area contributed by atoms with E-state index in [4.69, 9.17) is 61.0 Å². The topological polar surface area (TPSA) is 291 Å². The van der Waals surface area contributed by atoms with E-state index in [1.54, 1.807) is 0 Å². The fourth-order valence-corrected chi connectivity index (χ4v) is 23.8. The molecule has 12 bridgehead atoms. The maximum Gasteiger partial charge on any atom is 0.312 e. The molecule has 0 aromatic rings. The third kappa shape index (κ3) is 26.8. The summed E-state index contributed by atoms with van der Waals surface area (Å²) in [6.45, 7) is 47.0. The number of esters is 8. The molecular weight excluding hydrogens is 1520 g/mol. The van der Waals surface area contributed by atoms with E-state index in [0.29, 0.717) is 92.7 Å². The first kappa shape index (κ1) is 105. The van der Waals surface area contributed by atoms with Crippen molar-refractivity contribution in [2.24, 2.45) is 87.8 Å². The van der Waals surface area contributed by atoms with Crippen LogP contribution in [0.2, 0.25) is 0 Å². The van der Waals surface area contributed by atoms with Crippen LogP contribution < -0.4 is 0 Å². The Kier molecular flexibility index (Phi) is 48.0. The summed E-state index contributed by atoms with van der Waals surface area (Å²) in [4.78, 5) is 88.3. The van der Waals surface area contributed by atoms with Gasteiger partial charge in [0.15, 0.2) is 25.3 Å². The predicted molar refractivity (Wildman–Crippen MR) is 452 cm³/mol. The van der Waals surface area contributed by atoms with Crippen LogP contribution in [-0.4, -0.2) is 156 Å².